The molecular weight excluding hydrogens is 229 g/mol. The first-order valence-corrected chi connectivity index (χ1v) is 6.55. The summed E-state index contributed by atoms with van der Waals surface area (Å²) in [7, 11) is 0. The molecule has 3 atom stereocenters. The molecule has 18 heavy (non-hydrogen) atoms. The van der Waals surface area contributed by atoms with Gasteiger partial charge in [0.1, 0.15) is 5.82 Å². The van der Waals surface area contributed by atoms with Gasteiger partial charge in [-0.2, -0.15) is 0 Å². The largest absolute Gasteiger partial charge is 0.353 e. The molecule has 0 bridgehead atoms. The molecule has 0 amide bonds. The average Bonchev–Trinajstić information content (AvgIpc) is 2.86. The van der Waals surface area contributed by atoms with Gasteiger partial charge in [-0.05, 0) is 42.9 Å². The van der Waals surface area contributed by atoms with Crippen LogP contribution in [0.4, 0.5) is 10.3 Å². The van der Waals surface area contributed by atoms with Crippen LogP contribution in [0.3, 0.4) is 0 Å². The van der Waals surface area contributed by atoms with E-state index in [9.17, 15) is 4.39 Å². The number of halogens is 1. The van der Waals surface area contributed by atoms with Crippen LogP contribution >= 0.6 is 0 Å². The van der Waals surface area contributed by atoms with Crippen molar-refractivity contribution in [2.24, 2.45) is 11.8 Å². The summed E-state index contributed by atoms with van der Waals surface area (Å²) in [6.45, 7) is 4.57. The molecule has 1 heterocycles. The summed E-state index contributed by atoms with van der Waals surface area (Å²) < 4.78 is 13.1. The Morgan fingerprint density at radius 2 is 2.17 bits per heavy atom. The van der Waals surface area contributed by atoms with E-state index in [1.54, 1.807) is 6.07 Å². The van der Waals surface area contributed by atoms with E-state index < -0.39 is 0 Å². The van der Waals surface area contributed by atoms with Crippen molar-refractivity contribution in [1.82, 2.24) is 9.97 Å². The van der Waals surface area contributed by atoms with Crippen LogP contribution in [0.5, 0.6) is 0 Å². The molecule has 2 aromatic rings. The van der Waals surface area contributed by atoms with Crippen LogP contribution in [0.25, 0.3) is 11.0 Å². The molecule has 3 nitrogen and oxygen atoms in total. The Kier molecular flexibility index (Phi) is 2.73. The smallest absolute Gasteiger partial charge is 0.201 e. The summed E-state index contributed by atoms with van der Waals surface area (Å²) >= 11 is 0. The first kappa shape index (κ1) is 11.5. The molecule has 1 fully saturated rings. The van der Waals surface area contributed by atoms with Gasteiger partial charge >= 0.3 is 0 Å². The third-order valence-electron chi connectivity index (χ3n) is 4.23. The predicted octanol–water partition coefficient (Wildman–Crippen LogP) is 3.55. The Morgan fingerprint density at radius 1 is 1.33 bits per heavy atom. The van der Waals surface area contributed by atoms with Crippen LogP contribution in [0.15, 0.2) is 18.2 Å². The van der Waals surface area contributed by atoms with Crippen molar-refractivity contribution in [2.75, 3.05) is 5.32 Å². The lowest BCUT2D eigenvalue weighted by Gasteiger charge is -2.18. The Labute approximate surface area is 106 Å². The molecule has 96 valence electrons. The first-order valence-electron chi connectivity index (χ1n) is 6.55. The third-order valence-corrected chi connectivity index (χ3v) is 4.23. The molecule has 1 aromatic carbocycles. The molecule has 4 heteroatoms. The molecule has 0 spiro atoms. The Balaban J connectivity index is 1.83. The lowest BCUT2D eigenvalue weighted by molar-refractivity contribution is 0.434. The van der Waals surface area contributed by atoms with Gasteiger partial charge in [0.2, 0.25) is 5.95 Å². The Hall–Kier alpha value is -1.58. The summed E-state index contributed by atoms with van der Waals surface area (Å²) in [6.07, 6.45) is 2.43. The highest BCUT2D eigenvalue weighted by Crippen LogP contribution is 2.33. The molecule has 1 aliphatic carbocycles. The number of fused-ring (bicyclic) bond motifs is 1. The van der Waals surface area contributed by atoms with Crippen molar-refractivity contribution in [3.05, 3.63) is 24.0 Å². The first-order chi connectivity index (χ1) is 8.63. The van der Waals surface area contributed by atoms with Crippen LogP contribution in [0, 0.1) is 17.7 Å². The van der Waals surface area contributed by atoms with Gasteiger partial charge in [-0.1, -0.05) is 13.8 Å². The minimum Gasteiger partial charge on any atom is -0.353 e. The van der Waals surface area contributed by atoms with Gasteiger partial charge in [-0.25, -0.2) is 9.37 Å². The van der Waals surface area contributed by atoms with Gasteiger partial charge in [-0.15, -0.1) is 0 Å². The van der Waals surface area contributed by atoms with Crippen LogP contribution in [-0.2, 0) is 0 Å². The highest BCUT2D eigenvalue weighted by Gasteiger charge is 2.30. The number of rotatable bonds is 2. The zero-order valence-corrected chi connectivity index (χ0v) is 10.7. The summed E-state index contributed by atoms with van der Waals surface area (Å²) in [5.41, 5.74) is 1.55. The van der Waals surface area contributed by atoms with E-state index in [4.69, 9.17) is 0 Å². The Morgan fingerprint density at radius 3 is 2.89 bits per heavy atom. The highest BCUT2D eigenvalue weighted by atomic mass is 19.1. The fourth-order valence-electron chi connectivity index (χ4n) is 2.79. The van der Waals surface area contributed by atoms with Crippen molar-refractivity contribution in [2.45, 2.75) is 32.7 Å². The summed E-state index contributed by atoms with van der Waals surface area (Å²) in [5, 5.41) is 3.44. The van der Waals surface area contributed by atoms with E-state index in [0.29, 0.717) is 12.0 Å². The maximum Gasteiger partial charge on any atom is 0.201 e. The molecule has 3 unspecified atom stereocenters. The molecule has 0 aliphatic heterocycles. The average molecular weight is 247 g/mol. The lowest BCUT2D eigenvalue weighted by Crippen LogP contribution is -2.24. The normalized spacial score (nSPS) is 27.8. The molecular formula is C14H18FN3. The van der Waals surface area contributed by atoms with Gasteiger partial charge in [0, 0.05) is 6.04 Å². The van der Waals surface area contributed by atoms with Gasteiger partial charge in [0.15, 0.2) is 0 Å². The molecule has 0 saturated heterocycles. The second-order valence-corrected chi connectivity index (χ2v) is 5.41. The minimum atomic E-state index is -0.236. The predicted molar refractivity (Wildman–Crippen MR) is 71.0 cm³/mol. The van der Waals surface area contributed by atoms with Crippen LogP contribution in [-0.4, -0.2) is 16.0 Å². The number of hydrogen-bond acceptors (Lipinski definition) is 2. The quantitative estimate of drug-likeness (QED) is 0.852. The molecule has 1 aliphatic rings. The molecule has 0 radical (unpaired) electrons. The molecule has 1 aromatic heterocycles. The maximum atomic E-state index is 13.1. The van der Waals surface area contributed by atoms with Gasteiger partial charge < -0.3 is 10.3 Å². The van der Waals surface area contributed by atoms with Crippen LogP contribution in [0.1, 0.15) is 26.7 Å². The maximum absolute atomic E-state index is 13.1. The number of imidazole rings is 1. The summed E-state index contributed by atoms with van der Waals surface area (Å²) in [5.74, 6) is 1.92. The number of anilines is 1. The number of nitrogens with one attached hydrogen (secondary N) is 2. The molecule has 3 rings (SSSR count). The van der Waals surface area contributed by atoms with E-state index in [1.807, 2.05) is 0 Å². The highest BCUT2D eigenvalue weighted by molar-refractivity contribution is 5.77. The standard InChI is InChI=1S/C14H18FN3/c1-8-3-5-11(9(8)2)16-14-17-12-6-4-10(15)7-13(12)18-14/h4,6-9,11H,3,5H2,1-2H3,(H2,16,17,18). The van der Waals surface area contributed by atoms with Crippen LogP contribution < -0.4 is 5.32 Å². The summed E-state index contributed by atoms with van der Waals surface area (Å²) in [4.78, 5) is 7.58. The Bertz CT molecular complexity index is 563. The summed E-state index contributed by atoms with van der Waals surface area (Å²) in [6, 6.07) is 5.08. The fraction of sp³-hybridized carbons (Fsp3) is 0.500. The van der Waals surface area contributed by atoms with E-state index >= 15 is 0 Å². The number of aromatic nitrogens is 2. The number of nitrogens with zero attached hydrogens (tertiary/aromatic N) is 1. The van der Waals surface area contributed by atoms with Crippen molar-refractivity contribution in [3.8, 4) is 0 Å². The monoisotopic (exact) mass is 247 g/mol. The second kappa shape index (κ2) is 4.26. The molecule has 2 N–H and O–H groups in total. The van der Waals surface area contributed by atoms with Gasteiger partial charge in [-0.3, -0.25) is 0 Å². The minimum absolute atomic E-state index is 0.236. The van der Waals surface area contributed by atoms with Crippen molar-refractivity contribution in [1.29, 1.82) is 0 Å². The van der Waals surface area contributed by atoms with E-state index in [1.165, 1.54) is 25.0 Å². The van der Waals surface area contributed by atoms with Crippen molar-refractivity contribution >= 4 is 17.0 Å². The number of H-pyrrole nitrogens is 1. The third kappa shape index (κ3) is 1.96. The zero-order chi connectivity index (χ0) is 12.7. The number of benzene rings is 1. The number of hydrogen-bond donors (Lipinski definition) is 2. The molecule has 1 saturated carbocycles. The lowest BCUT2D eigenvalue weighted by atomic mass is 9.98. The van der Waals surface area contributed by atoms with E-state index in [-0.39, 0.29) is 5.82 Å². The van der Waals surface area contributed by atoms with Crippen LogP contribution in [0.2, 0.25) is 0 Å². The zero-order valence-electron chi connectivity index (χ0n) is 10.7. The van der Waals surface area contributed by atoms with E-state index in [2.05, 4.69) is 29.1 Å². The number of aromatic amines is 1. The van der Waals surface area contributed by atoms with Gasteiger partial charge in [0.25, 0.3) is 0 Å². The topological polar surface area (TPSA) is 40.7 Å². The van der Waals surface area contributed by atoms with Crippen molar-refractivity contribution in [3.63, 3.8) is 0 Å². The van der Waals surface area contributed by atoms with E-state index in [0.717, 1.165) is 22.9 Å². The second-order valence-electron chi connectivity index (χ2n) is 5.41. The SMILES string of the molecule is CC1CCC(Nc2nc3ccc(F)cc3[nH]2)C1C. The van der Waals surface area contributed by atoms with Crippen molar-refractivity contribution < 1.29 is 4.39 Å². The fourth-order valence-corrected chi connectivity index (χ4v) is 2.79. The van der Waals surface area contributed by atoms with Gasteiger partial charge in [0.05, 0.1) is 11.0 Å².